The highest BCUT2D eigenvalue weighted by Crippen LogP contribution is 2.46. The van der Waals surface area contributed by atoms with Crippen LogP contribution in [0.1, 0.15) is 16.7 Å². The van der Waals surface area contributed by atoms with Crippen molar-refractivity contribution in [3.05, 3.63) is 83.4 Å². The normalized spacial score (nSPS) is 26.4. The molecule has 4 N–H and O–H groups in total. The van der Waals surface area contributed by atoms with E-state index in [4.69, 9.17) is 26.4 Å². The first kappa shape index (κ1) is 33.9. The first-order chi connectivity index (χ1) is 23.7. The van der Waals surface area contributed by atoms with Crippen molar-refractivity contribution in [3.63, 3.8) is 0 Å². The minimum Gasteiger partial charge on any atom is -0.508 e. The summed E-state index contributed by atoms with van der Waals surface area (Å²) in [6.45, 7) is 1.97. The maximum atomic E-state index is 13.9. The lowest BCUT2D eigenvalue weighted by atomic mass is 10.00. The third-order valence-electron chi connectivity index (χ3n) is 9.39. The molecule has 0 bridgehead atoms. The zero-order valence-corrected chi connectivity index (χ0v) is 29.9. The van der Waals surface area contributed by atoms with Crippen molar-refractivity contribution in [2.75, 3.05) is 26.7 Å². The Kier molecular flexibility index (Phi) is 9.93. The number of halogens is 1. The number of benzene rings is 3. The number of amidine groups is 1. The van der Waals surface area contributed by atoms with Crippen LogP contribution in [0.25, 0.3) is 0 Å². The summed E-state index contributed by atoms with van der Waals surface area (Å²) >= 11 is 6.68. The number of para-hydroxylation sites is 1. The van der Waals surface area contributed by atoms with Crippen LogP contribution in [0.5, 0.6) is 11.5 Å². The maximum Gasteiger partial charge on any atom is 0.333 e. The fourth-order valence-electron chi connectivity index (χ4n) is 6.98. The van der Waals surface area contributed by atoms with E-state index in [0.29, 0.717) is 36.4 Å². The summed E-state index contributed by atoms with van der Waals surface area (Å²) in [7, 11) is 1.62. The van der Waals surface area contributed by atoms with E-state index in [-0.39, 0.29) is 55.2 Å². The lowest BCUT2D eigenvalue weighted by Gasteiger charge is -2.48. The van der Waals surface area contributed by atoms with Gasteiger partial charge in [-0.25, -0.2) is 14.8 Å². The molecule has 4 saturated heterocycles. The second kappa shape index (κ2) is 14.4. The number of urea groups is 1. The Bertz CT molecular complexity index is 1750. The Balaban J connectivity index is 1.21. The van der Waals surface area contributed by atoms with Crippen molar-refractivity contribution in [2.45, 2.75) is 61.3 Å². The Morgan fingerprint density at radius 2 is 1.90 bits per heavy atom. The van der Waals surface area contributed by atoms with Crippen LogP contribution < -0.4 is 15.8 Å². The highest BCUT2D eigenvalue weighted by Gasteiger charge is 2.64. The topological polar surface area (TPSA) is 135 Å². The van der Waals surface area contributed by atoms with Crippen molar-refractivity contribution in [3.8, 4) is 23.8 Å². The van der Waals surface area contributed by atoms with Gasteiger partial charge < -0.3 is 30.4 Å². The number of hydrazine groups is 1. The molecule has 4 aliphatic rings. The SMILES string of the molecule is C#CCN(C(=O)NCc1ccc(OC)cc1)N1CC2OC2N2C(Cc3ccc(O)cc3)C3OC3N(Cc3cccc(S)c3N=C(N)I)C[C@@H]21. The van der Waals surface area contributed by atoms with E-state index in [1.807, 2.05) is 77.2 Å². The maximum absolute atomic E-state index is 13.9. The molecule has 0 spiro atoms. The number of phenols is 1. The Morgan fingerprint density at radius 1 is 1.14 bits per heavy atom. The van der Waals surface area contributed by atoms with Gasteiger partial charge in [-0.3, -0.25) is 9.80 Å². The highest BCUT2D eigenvalue weighted by molar-refractivity contribution is 14.1. The zero-order chi connectivity index (χ0) is 34.2. The molecule has 4 fully saturated rings. The molecule has 49 heavy (non-hydrogen) atoms. The molecule has 4 aliphatic heterocycles. The van der Waals surface area contributed by atoms with Gasteiger partial charge in [-0.1, -0.05) is 42.3 Å². The molecule has 0 aliphatic carbocycles. The van der Waals surface area contributed by atoms with Gasteiger partial charge in [-0.2, -0.15) is 5.01 Å². The summed E-state index contributed by atoms with van der Waals surface area (Å²) in [6, 6.07) is 20.4. The summed E-state index contributed by atoms with van der Waals surface area (Å²) < 4.78 is 18.4. The molecule has 0 radical (unpaired) electrons. The molecule has 0 aromatic heterocycles. The molecular weight excluding hydrogens is 757 g/mol. The van der Waals surface area contributed by atoms with Crippen LogP contribution in [0.4, 0.5) is 10.5 Å². The number of nitrogens with two attached hydrogens (primary N) is 1. The first-order valence-electron chi connectivity index (χ1n) is 16.0. The average Bonchev–Trinajstić information content (AvgIpc) is 4.02. The van der Waals surface area contributed by atoms with E-state index in [1.165, 1.54) is 0 Å². The molecule has 256 valence electrons. The van der Waals surface area contributed by atoms with Crippen molar-refractivity contribution < 1.29 is 24.1 Å². The number of amides is 2. The van der Waals surface area contributed by atoms with E-state index in [0.717, 1.165) is 33.0 Å². The molecule has 3 aromatic rings. The van der Waals surface area contributed by atoms with Gasteiger partial charge in [0.1, 0.15) is 36.2 Å². The number of hydrogen-bond donors (Lipinski definition) is 4. The number of rotatable bonds is 10. The van der Waals surface area contributed by atoms with Gasteiger partial charge in [0.2, 0.25) is 0 Å². The lowest BCUT2D eigenvalue weighted by molar-refractivity contribution is -0.128. The van der Waals surface area contributed by atoms with Crippen molar-refractivity contribution in [1.82, 2.24) is 25.1 Å². The van der Waals surface area contributed by atoms with Crippen LogP contribution in [0.3, 0.4) is 0 Å². The van der Waals surface area contributed by atoms with E-state index in [2.05, 4.69) is 43.7 Å². The number of carbonyl (C=O) groups excluding carboxylic acids is 1. The number of carbonyl (C=O) groups is 1. The number of aliphatic imine (C=N–C) groups is 1. The summed E-state index contributed by atoms with van der Waals surface area (Å²) in [6.07, 6.45) is 5.78. The Labute approximate surface area is 304 Å². The Hall–Kier alpha value is -3.56. The second-order valence-corrected chi connectivity index (χ2v) is 14.0. The van der Waals surface area contributed by atoms with E-state index in [1.54, 1.807) is 24.3 Å². The van der Waals surface area contributed by atoms with Gasteiger partial charge in [0.05, 0.1) is 32.1 Å². The van der Waals surface area contributed by atoms with Gasteiger partial charge in [0.25, 0.3) is 0 Å². The van der Waals surface area contributed by atoms with Crippen LogP contribution in [0.15, 0.2) is 76.6 Å². The number of phenolic OH excluding ortho intramolecular Hbond substituents is 1. The molecule has 12 nitrogen and oxygen atoms in total. The van der Waals surface area contributed by atoms with Crippen molar-refractivity contribution in [2.24, 2.45) is 10.7 Å². The van der Waals surface area contributed by atoms with Crippen LogP contribution in [0, 0.1) is 12.3 Å². The fourth-order valence-corrected chi connectivity index (χ4v) is 7.50. The summed E-state index contributed by atoms with van der Waals surface area (Å²) in [5, 5.41) is 16.7. The molecule has 5 unspecified atom stereocenters. The highest BCUT2D eigenvalue weighted by atomic mass is 127. The van der Waals surface area contributed by atoms with Crippen molar-refractivity contribution >= 4 is 50.8 Å². The number of terminal acetylenes is 1. The number of ether oxygens (including phenoxy) is 3. The van der Waals surface area contributed by atoms with E-state index >= 15 is 0 Å². The summed E-state index contributed by atoms with van der Waals surface area (Å²) in [5.74, 6) is 3.67. The van der Waals surface area contributed by atoms with Gasteiger partial charge in [-0.15, -0.1) is 19.1 Å². The number of fused-ring (bicyclic) bond motifs is 4. The minimum absolute atomic E-state index is 0.0731. The summed E-state index contributed by atoms with van der Waals surface area (Å²) in [5.41, 5.74) is 9.68. The summed E-state index contributed by atoms with van der Waals surface area (Å²) in [4.78, 5) is 23.9. The third kappa shape index (κ3) is 7.34. The predicted octanol–water partition coefficient (Wildman–Crippen LogP) is 3.65. The second-order valence-electron chi connectivity index (χ2n) is 12.5. The molecular formula is C35H38IN7O5S. The lowest BCUT2D eigenvalue weighted by Crippen LogP contribution is -2.68. The standard InChI is InChI=1S/C35H38IN7O5S/c1-3-15-41(35(45)38-17-22-9-13-25(46-2)14-10-22)42-19-27-32(47-27)43-26(16-21-7-11-24(44)12-8-21)31-33(48-31)40(20-29(42)43)18-23-5-4-6-28(49)30(23)39-34(36)37/h1,4-14,26-27,29,31-33,44,49H,15-20H2,2H3,(H2,37,39)(H,38,45)/t26?,27?,29-,31?,32?,33?/m1/s1. The van der Waals surface area contributed by atoms with Crippen LogP contribution in [0.2, 0.25) is 0 Å². The van der Waals surface area contributed by atoms with Gasteiger partial charge >= 0.3 is 6.03 Å². The molecule has 2 amide bonds. The predicted molar refractivity (Wildman–Crippen MR) is 195 cm³/mol. The molecule has 0 saturated carbocycles. The fraction of sp³-hybridized carbons (Fsp3) is 0.371. The smallest absolute Gasteiger partial charge is 0.333 e. The van der Waals surface area contributed by atoms with Gasteiger partial charge in [0, 0.05) is 30.6 Å². The number of methoxy groups -OCH3 is 1. The largest absolute Gasteiger partial charge is 0.508 e. The average molecular weight is 796 g/mol. The van der Waals surface area contributed by atoms with Gasteiger partial charge in [0.15, 0.2) is 3.84 Å². The monoisotopic (exact) mass is 795 g/mol. The minimum atomic E-state index is -0.294. The number of nitrogens with zero attached hydrogens (tertiary/aromatic N) is 5. The third-order valence-corrected chi connectivity index (χ3v) is 9.99. The van der Waals surface area contributed by atoms with Crippen molar-refractivity contribution in [1.29, 1.82) is 0 Å². The molecule has 4 heterocycles. The van der Waals surface area contributed by atoms with Crippen LogP contribution in [-0.2, 0) is 29.0 Å². The van der Waals surface area contributed by atoms with E-state index in [9.17, 15) is 9.90 Å². The number of hydrogen-bond acceptors (Lipinski definition) is 10. The molecule has 14 heteroatoms. The molecule has 6 atom stereocenters. The first-order valence-corrected chi connectivity index (χ1v) is 17.6. The number of nitrogens with one attached hydrogen (secondary N) is 1. The quantitative estimate of drug-likeness (QED) is 0.0462. The molecule has 3 aromatic carbocycles. The number of epoxide rings is 2. The Morgan fingerprint density at radius 3 is 2.61 bits per heavy atom. The van der Waals surface area contributed by atoms with Crippen LogP contribution in [-0.4, -0.2) is 98.4 Å². The number of aromatic hydroxyl groups is 1. The van der Waals surface area contributed by atoms with E-state index < -0.39 is 0 Å². The molecule has 7 rings (SSSR count). The number of thiol groups is 1. The van der Waals surface area contributed by atoms with Crippen LogP contribution >= 0.6 is 35.2 Å². The zero-order valence-electron chi connectivity index (χ0n) is 26.9. The van der Waals surface area contributed by atoms with Gasteiger partial charge in [-0.05, 0) is 76.0 Å².